The largest absolute Gasteiger partial charge is 0.497 e. The Hall–Kier alpha value is -4.05. The second-order valence-electron chi connectivity index (χ2n) is 7.43. The van der Waals surface area contributed by atoms with Gasteiger partial charge >= 0.3 is 0 Å². The van der Waals surface area contributed by atoms with E-state index < -0.39 is 22.5 Å². The van der Waals surface area contributed by atoms with E-state index in [0.717, 1.165) is 15.4 Å². The summed E-state index contributed by atoms with van der Waals surface area (Å²) in [7, 11) is 0.210. The highest BCUT2D eigenvalue weighted by molar-refractivity contribution is 7.92. The van der Waals surface area contributed by atoms with Crippen LogP contribution >= 0.6 is 0 Å². The first-order chi connectivity index (χ1) is 16.8. The fraction of sp³-hybridized carbons (Fsp3) is 0.200. The summed E-state index contributed by atoms with van der Waals surface area (Å²) in [5, 5.41) is 3.95. The van der Waals surface area contributed by atoms with E-state index in [4.69, 9.17) is 14.2 Å². The summed E-state index contributed by atoms with van der Waals surface area (Å²) in [6.45, 7) is 1.46. The number of nitrogens with one attached hydrogen (secondary N) is 1. The van der Waals surface area contributed by atoms with Crippen molar-refractivity contribution in [3.63, 3.8) is 0 Å². The smallest absolute Gasteiger partial charge is 0.264 e. The van der Waals surface area contributed by atoms with Gasteiger partial charge in [-0.3, -0.25) is 9.10 Å². The molecule has 3 aromatic carbocycles. The van der Waals surface area contributed by atoms with E-state index in [1.54, 1.807) is 24.3 Å². The first-order valence-corrected chi connectivity index (χ1v) is 12.0. The molecule has 0 aliphatic rings. The third-order valence-corrected chi connectivity index (χ3v) is 6.84. The number of rotatable bonds is 10. The lowest BCUT2D eigenvalue weighted by molar-refractivity contribution is -0.119. The van der Waals surface area contributed by atoms with Gasteiger partial charge in [-0.1, -0.05) is 29.8 Å². The number of hydrazone groups is 1. The van der Waals surface area contributed by atoms with Gasteiger partial charge in [-0.25, -0.2) is 13.8 Å². The Morgan fingerprint density at radius 3 is 2.17 bits per heavy atom. The summed E-state index contributed by atoms with van der Waals surface area (Å²) in [5.74, 6) is 0.554. The van der Waals surface area contributed by atoms with Gasteiger partial charge in [-0.2, -0.15) is 5.10 Å². The first kappa shape index (κ1) is 25.6. The summed E-state index contributed by atoms with van der Waals surface area (Å²) in [4.78, 5) is 12.6. The topological polar surface area (TPSA) is 107 Å². The van der Waals surface area contributed by atoms with Crippen LogP contribution in [0.1, 0.15) is 11.1 Å². The molecule has 0 aliphatic heterocycles. The van der Waals surface area contributed by atoms with Crippen LogP contribution in [0.3, 0.4) is 0 Å². The zero-order valence-corrected chi connectivity index (χ0v) is 20.7. The minimum absolute atomic E-state index is 0.0677. The van der Waals surface area contributed by atoms with Crippen molar-refractivity contribution in [2.45, 2.75) is 11.8 Å². The average Bonchev–Trinajstić information content (AvgIpc) is 2.88. The number of hydrogen-bond donors (Lipinski definition) is 1. The second kappa shape index (κ2) is 11.4. The standard InChI is InChI=1S/C25H27N3O6S/c1-18-5-7-19(8-6-18)16-26-27-25(29)17-28(20-9-11-21(32-2)12-10-20)35(30,31)22-13-14-23(33-3)24(15-22)34-4/h5-16H,17H2,1-4H3,(H,27,29)/b26-16-. The van der Waals surface area contributed by atoms with Crippen molar-refractivity contribution in [2.75, 3.05) is 32.2 Å². The molecule has 0 saturated carbocycles. The van der Waals surface area contributed by atoms with Crippen LogP contribution in [0.5, 0.6) is 17.2 Å². The van der Waals surface area contributed by atoms with Gasteiger partial charge in [-0.05, 0) is 48.9 Å². The second-order valence-corrected chi connectivity index (χ2v) is 9.29. The molecule has 1 N–H and O–H groups in total. The molecule has 3 aromatic rings. The number of methoxy groups -OCH3 is 3. The molecular weight excluding hydrogens is 470 g/mol. The molecule has 0 aliphatic carbocycles. The summed E-state index contributed by atoms with van der Waals surface area (Å²) >= 11 is 0. The van der Waals surface area contributed by atoms with Crippen molar-refractivity contribution in [2.24, 2.45) is 5.10 Å². The predicted molar refractivity (Wildman–Crippen MR) is 134 cm³/mol. The summed E-state index contributed by atoms with van der Waals surface area (Å²) in [5.41, 5.74) is 4.56. The Morgan fingerprint density at radius 2 is 1.57 bits per heavy atom. The number of amides is 1. The number of carbonyl (C=O) groups is 1. The average molecular weight is 498 g/mol. The van der Waals surface area contributed by atoms with Crippen LogP contribution in [0.4, 0.5) is 5.69 Å². The molecular formula is C25H27N3O6S. The number of sulfonamides is 1. The van der Waals surface area contributed by atoms with Gasteiger partial charge in [0.15, 0.2) is 11.5 Å². The van der Waals surface area contributed by atoms with E-state index in [1.807, 2.05) is 31.2 Å². The van der Waals surface area contributed by atoms with E-state index in [1.165, 1.54) is 45.7 Å². The van der Waals surface area contributed by atoms with E-state index >= 15 is 0 Å². The molecule has 3 rings (SSSR count). The number of hydrogen-bond acceptors (Lipinski definition) is 7. The molecule has 9 nitrogen and oxygen atoms in total. The van der Waals surface area contributed by atoms with Gasteiger partial charge in [0, 0.05) is 6.07 Å². The van der Waals surface area contributed by atoms with Crippen molar-refractivity contribution >= 4 is 27.8 Å². The maximum absolute atomic E-state index is 13.6. The minimum Gasteiger partial charge on any atom is -0.497 e. The molecule has 0 spiro atoms. The highest BCUT2D eigenvalue weighted by Gasteiger charge is 2.28. The Bertz CT molecular complexity index is 1290. The van der Waals surface area contributed by atoms with Crippen molar-refractivity contribution in [1.82, 2.24) is 5.43 Å². The van der Waals surface area contributed by atoms with Gasteiger partial charge in [0.05, 0.1) is 38.1 Å². The van der Waals surface area contributed by atoms with Crippen LogP contribution in [-0.4, -0.2) is 48.4 Å². The quantitative estimate of drug-likeness (QED) is 0.340. The molecule has 0 heterocycles. The normalized spacial score (nSPS) is 11.2. The van der Waals surface area contributed by atoms with Crippen molar-refractivity contribution < 1.29 is 27.4 Å². The zero-order chi connectivity index (χ0) is 25.4. The summed E-state index contributed by atoms with van der Waals surface area (Å²) in [6.07, 6.45) is 1.48. The van der Waals surface area contributed by atoms with Crippen LogP contribution in [0, 0.1) is 6.92 Å². The van der Waals surface area contributed by atoms with Gasteiger partial charge in [-0.15, -0.1) is 0 Å². The van der Waals surface area contributed by atoms with Crippen LogP contribution in [0.2, 0.25) is 0 Å². The van der Waals surface area contributed by atoms with E-state index in [2.05, 4.69) is 10.5 Å². The fourth-order valence-electron chi connectivity index (χ4n) is 3.16. The molecule has 35 heavy (non-hydrogen) atoms. The Morgan fingerprint density at radius 1 is 0.914 bits per heavy atom. The third-order valence-electron chi connectivity index (χ3n) is 5.07. The maximum Gasteiger partial charge on any atom is 0.264 e. The molecule has 0 saturated heterocycles. The lowest BCUT2D eigenvalue weighted by Crippen LogP contribution is -2.39. The molecule has 0 unspecified atom stereocenters. The molecule has 0 fully saturated rings. The van der Waals surface area contributed by atoms with Crippen molar-refractivity contribution in [3.05, 3.63) is 77.9 Å². The SMILES string of the molecule is COc1ccc(N(CC(=O)N/N=C\c2ccc(C)cc2)S(=O)(=O)c2ccc(OC)c(OC)c2)cc1. The molecule has 0 atom stereocenters. The molecule has 10 heteroatoms. The fourth-order valence-corrected chi connectivity index (χ4v) is 4.60. The van der Waals surface area contributed by atoms with Crippen LogP contribution in [-0.2, 0) is 14.8 Å². The summed E-state index contributed by atoms with van der Waals surface area (Å²) < 4.78 is 43.8. The van der Waals surface area contributed by atoms with E-state index in [9.17, 15) is 13.2 Å². The van der Waals surface area contributed by atoms with Gasteiger partial charge < -0.3 is 14.2 Å². The lowest BCUT2D eigenvalue weighted by atomic mass is 10.2. The predicted octanol–water partition coefficient (Wildman–Crippen LogP) is 3.37. The number of anilines is 1. The molecule has 0 aromatic heterocycles. The van der Waals surface area contributed by atoms with Crippen molar-refractivity contribution in [1.29, 1.82) is 0 Å². The van der Waals surface area contributed by atoms with Crippen LogP contribution in [0.15, 0.2) is 76.7 Å². The Balaban J connectivity index is 1.90. The number of nitrogens with zero attached hydrogens (tertiary/aromatic N) is 2. The molecule has 0 bridgehead atoms. The zero-order valence-electron chi connectivity index (χ0n) is 19.9. The molecule has 1 amide bonds. The third kappa shape index (κ3) is 6.30. The minimum atomic E-state index is -4.16. The van der Waals surface area contributed by atoms with Crippen molar-refractivity contribution in [3.8, 4) is 17.2 Å². The Kier molecular flexibility index (Phi) is 8.32. The Labute approximate surface area is 205 Å². The van der Waals surface area contributed by atoms with Crippen LogP contribution < -0.4 is 23.9 Å². The number of benzene rings is 3. The number of ether oxygens (including phenoxy) is 3. The highest BCUT2D eigenvalue weighted by atomic mass is 32.2. The lowest BCUT2D eigenvalue weighted by Gasteiger charge is -2.24. The maximum atomic E-state index is 13.6. The van der Waals surface area contributed by atoms with Gasteiger partial charge in [0.25, 0.3) is 15.9 Å². The monoisotopic (exact) mass is 497 g/mol. The van der Waals surface area contributed by atoms with Gasteiger partial charge in [0.1, 0.15) is 12.3 Å². The van der Waals surface area contributed by atoms with E-state index in [0.29, 0.717) is 11.5 Å². The highest BCUT2D eigenvalue weighted by Crippen LogP contribution is 2.32. The summed E-state index contributed by atoms with van der Waals surface area (Å²) in [6, 6.07) is 18.1. The first-order valence-electron chi connectivity index (χ1n) is 10.6. The number of aryl methyl sites for hydroxylation is 1. The van der Waals surface area contributed by atoms with Crippen LogP contribution in [0.25, 0.3) is 0 Å². The molecule has 0 radical (unpaired) electrons. The molecule has 184 valence electrons. The van der Waals surface area contributed by atoms with E-state index in [-0.39, 0.29) is 16.3 Å². The number of carbonyl (C=O) groups excluding carboxylic acids is 1. The van der Waals surface area contributed by atoms with Gasteiger partial charge in [0.2, 0.25) is 0 Å².